The van der Waals surface area contributed by atoms with E-state index in [0.717, 1.165) is 27.2 Å². The van der Waals surface area contributed by atoms with Crippen molar-refractivity contribution in [2.24, 2.45) is 0 Å². The molecule has 2 aromatic carbocycles. The fourth-order valence-electron chi connectivity index (χ4n) is 3.07. The van der Waals surface area contributed by atoms with Crippen molar-refractivity contribution < 1.29 is 14.3 Å². The third-order valence-corrected chi connectivity index (χ3v) is 5.57. The number of aromatic nitrogens is 2. The molecule has 0 atom stereocenters. The van der Waals surface area contributed by atoms with Crippen molar-refractivity contribution in [1.29, 1.82) is 0 Å². The number of ether oxygens (including phenoxy) is 2. The normalized spacial score (nSPS) is 14.2. The Balaban J connectivity index is 1.66. The first kappa shape index (κ1) is 18.7. The fourth-order valence-corrected chi connectivity index (χ4v) is 3.98. The predicted octanol–water partition coefficient (Wildman–Crippen LogP) is 3.26. The number of hydrogen-bond acceptors (Lipinski definition) is 6. The molecule has 0 bridgehead atoms. The number of morpholine rings is 1. The highest BCUT2D eigenvalue weighted by molar-refractivity contribution is 8.00. The fraction of sp³-hybridized carbons (Fsp3) is 0.286. The summed E-state index contributed by atoms with van der Waals surface area (Å²) in [6.45, 7) is 2.49. The van der Waals surface area contributed by atoms with E-state index in [4.69, 9.17) is 19.4 Å². The van der Waals surface area contributed by atoms with E-state index in [2.05, 4.69) is 0 Å². The third-order valence-electron chi connectivity index (χ3n) is 4.60. The van der Waals surface area contributed by atoms with Crippen molar-refractivity contribution in [3.8, 4) is 17.1 Å². The molecule has 6 nitrogen and oxygen atoms in total. The van der Waals surface area contributed by atoms with Gasteiger partial charge in [-0.25, -0.2) is 9.97 Å². The molecule has 0 radical (unpaired) electrons. The van der Waals surface area contributed by atoms with E-state index in [-0.39, 0.29) is 5.91 Å². The van der Waals surface area contributed by atoms with Gasteiger partial charge in [-0.05, 0) is 18.2 Å². The molecule has 1 aromatic heterocycles. The molecule has 1 aliphatic rings. The number of thioether (sulfide) groups is 1. The highest BCUT2D eigenvalue weighted by Gasteiger charge is 2.18. The molecule has 0 spiro atoms. The topological polar surface area (TPSA) is 64.6 Å². The SMILES string of the molecule is COc1ccc2nc(-c3ccccc3)nc(SCC(=O)N3CCOCC3)c2c1. The summed E-state index contributed by atoms with van der Waals surface area (Å²) in [6.07, 6.45) is 0. The first-order valence-corrected chi connectivity index (χ1v) is 10.1. The van der Waals surface area contributed by atoms with E-state index in [1.165, 1.54) is 11.8 Å². The number of carbonyl (C=O) groups excluding carboxylic acids is 1. The molecule has 1 fully saturated rings. The number of nitrogens with zero attached hydrogens (tertiary/aromatic N) is 3. The maximum Gasteiger partial charge on any atom is 0.233 e. The van der Waals surface area contributed by atoms with Crippen LogP contribution in [-0.2, 0) is 9.53 Å². The molecule has 0 saturated carbocycles. The van der Waals surface area contributed by atoms with Gasteiger partial charge in [0.15, 0.2) is 5.82 Å². The molecular formula is C21H21N3O3S. The van der Waals surface area contributed by atoms with Crippen LogP contribution in [0.3, 0.4) is 0 Å². The van der Waals surface area contributed by atoms with Gasteiger partial charge in [0.05, 0.1) is 31.6 Å². The van der Waals surface area contributed by atoms with Crippen molar-refractivity contribution in [3.05, 3.63) is 48.5 Å². The molecule has 1 saturated heterocycles. The van der Waals surface area contributed by atoms with E-state index < -0.39 is 0 Å². The Bertz CT molecular complexity index is 975. The van der Waals surface area contributed by atoms with Gasteiger partial charge >= 0.3 is 0 Å². The van der Waals surface area contributed by atoms with Crippen molar-refractivity contribution in [3.63, 3.8) is 0 Å². The Hall–Kier alpha value is -2.64. The largest absolute Gasteiger partial charge is 0.497 e. The number of hydrogen-bond donors (Lipinski definition) is 0. The summed E-state index contributed by atoms with van der Waals surface area (Å²) >= 11 is 1.44. The minimum atomic E-state index is 0.101. The van der Waals surface area contributed by atoms with Gasteiger partial charge in [-0.3, -0.25) is 4.79 Å². The average Bonchev–Trinajstić information content (AvgIpc) is 2.77. The number of fused-ring (bicyclic) bond motifs is 1. The van der Waals surface area contributed by atoms with Crippen LogP contribution in [0.1, 0.15) is 0 Å². The Morgan fingerprint density at radius 1 is 1.14 bits per heavy atom. The van der Waals surface area contributed by atoms with Crippen molar-refractivity contribution in [2.75, 3.05) is 39.2 Å². The summed E-state index contributed by atoms with van der Waals surface area (Å²) < 4.78 is 10.7. The molecule has 0 aliphatic carbocycles. The Kier molecular flexibility index (Phi) is 5.73. The van der Waals surface area contributed by atoms with E-state index >= 15 is 0 Å². The van der Waals surface area contributed by atoms with Gasteiger partial charge in [-0.1, -0.05) is 42.1 Å². The zero-order chi connectivity index (χ0) is 19.3. The standard InChI is InChI=1S/C21H21N3O3S/c1-26-16-7-8-18-17(13-16)21(23-20(22-18)15-5-3-2-4-6-15)28-14-19(25)24-9-11-27-12-10-24/h2-8,13H,9-12,14H2,1H3. The van der Waals surface area contributed by atoms with Crippen LogP contribution < -0.4 is 4.74 Å². The van der Waals surface area contributed by atoms with Crippen LogP contribution in [0.4, 0.5) is 0 Å². The number of carbonyl (C=O) groups is 1. The second kappa shape index (κ2) is 8.58. The van der Waals surface area contributed by atoms with Crippen molar-refractivity contribution >= 4 is 28.6 Å². The van der Waals surface area contributed by atoms with Gasteiger partial charge in [-0.2, -0.15) is 0 Å². The lowest BCUT2D eigenvalue weighted by Crippen LogP contribution is -2.41. The van der Waals surface area contributed by atoms with E-state index in [9.17, 15) is 4.79 Å². The maximum absolute atomic E-state index is 12.6. The smallest absolute Gasteiger partial charge is 0.233 e. The first-order chi connectivity index (χ1) is 13.7. The summed E-state index contributed by atoms with van der Waals surface area (Å²) in [5, 5.41) is 1.67. The highest BCUT2D eigenvalue weighted by atomic mass is 32.2. The van der Waals surface area contributed by atoms with Crippen LogP contribution in [-0.4, -0.2) is 59.9 Å². The van der Waals surface area contributed by atoms with Crippen LogP contribution >= 0.6 is 11.8 Å². The van der Waals surface area contributed by atoms with Crippen molar-refractivity contribution in [1.82, 2.24) is 14.9 Å². The zero-order valence-electron chi connectivity index (χ0n) is 15.6. The van der Waals surface area contributed by atoms with Crippen LogP contribution in [0, 0.1) is 0 Å². The quantitative estimate of drug-likeness (QED) is 0.488. The summed E-state index contributed by atoms with van der Waals surface area (Å²) in [5.74, 6) is 1.83. The molecule has 144 valence electrons. The molecule has 1 amide bonds. The number of methoxy groups -OCH3 is 1. The second-order valence-electron chi connectivity index (χ2n) is 6.38. The molecule has 0 N–H and O–H groups in total. The lowest BCUT2D eigenvalue weighted by molar-refractivity contribution is -0.132. The van der Waals surface area contributed by atoms with Gasteiger partial charge < -0.3 is 14.4 Å². The van der Waals surface area contributed by atoms with Crippen LogP contribution in [0.15, 0.2) is 53.6 Å². The summed E-state index contributed by atoms with van der Waals surface area (Å²) in [6, 6.07) is 15.6. The zero-order valence-corrected chi connectivity index (χ0v) is 16.4. The first-order valence-electron chi connectivity index (χ1n) is 9.14. The van der Waals surface area contributed by atoms with Crippen molar-refractivity contribution in [2.45, 2.75) is 5.03 Å². The summed E-state index contributed by atoms with van der Waals surface area (Å²) in [5.41, 5.74) is 1.78. The number of amides is 1. The summed E-state index contributed by atoms with van der Waals surface area (Å²) in [4.78, 5) is 23.9. The van der Waals surface area contributed by atoms with Gasteiger partial charge in [0, 0.05) is 24.0 Å². The summed E-state index contributed by atoms with van der Waals surface area (Å²) in [7, 11) is 1.63. The molecule has 4 rings (SSSR count). The average molecular weight is 395 g/mol. The molecule has 1 aliphatic heterocycles. The Morgan fingerprint density at radius 2 is 1.93 bits per heavy atom. The molecule has 3 aromatic rings. The van der Waals surface area contributed by atoms with Gasteiger partial charge in [0.2, 0.25) is 5.91 Å². The number of rotatable bonds is 5. The van der Waals surface area contributed by atoms with Gasteiger partial charge in [0.1, 0.15) is 10.8 Å². The number of benzene rings is 2. The van der Waals surface area contributed by atoms with Gasteiger partial charge in [0.25, 0.3) is 0 Å². The third kappa shape index (κ3) is 4.10. The van der Waals surface area contributed by atoms with E-state index in [1.54, 1.807) is 7.11 Å². The van der Waals surface area contributed by atoms with Crippen LogP contribution in [0.5, 0.6) is 5.75 Å². The van der Waals surface area contributed by atoms with E-state index in [0.29, 0.717) is 37.9 Å². The molecular weight excluding hydrogens is 374 g/mol. The maximum atomic E-state index is 12.6. The highest BCUT2D eigenvalue weighted by Crippen LogP contribution is 2.31. The van der Waals surface area contributed by atoms with E-state index in [1.807, 2.05) is 53.4 Å². The second-order valence-corrected chi connectivity index (χ2v) is 7.35. The Morgan fingerprint density at radius 3 is 2.68 bits per heavy atom. The molecule has 28 heavy (non-hydrogen) atoms. The Labute approximate surface area is 167 Å². The lowest BCUT2D eigenvalue weighted by atomic mass is 10.2. The van der Waals surface area contributed by atoms with Crippen LogP contribution in [0.2, 0.25) is 0 Å². The monoisotopic (exact) mass is 395 g/mol. The minimum Gasteiger partial charge on any atom is -0.497 e. The molecule has 2 heterocycles. The lowest BCUT2D eigenvalue weighted by Gasteiger charge is -2.26. The van der Waals surface area contributed by atoms with Crippen LogP contribution in [0.25, 0.3) is 22.3 Å². The minimum absolute atomic E-state index is 0.101. The predicted molar refractivity (Wildman–Crippen MR) is 110 cm³/mol. The molecule has 7 heteroatoms. The van der Waals surface area contributed by atoms with Gasteiger partial charge in [-0.15, -0.1) is 0 Å². The molecule has 0 unspecified atom stereocenters.